The van der Waals surface area contributed by atoms with Crippen molar-refractivity contribution in [2.45, 2.75) is 19.2 Å². The number of hydrogen-bond acceptors (Lipinski definition) is 4. The van der Waals surface area contributed by atoms with E-state index in [9.17, 15) is 0 Å². The van der Waals surface area contributed by atoms with Crippen LogP contribution in [0.5, 0.6) is 0 Å². The highest BCUT2D eigenvalue weighted by Crippen LogP contribution is 2.06. The molecule has 0 amide bonds. The van der Waals surface area contributed by atoms with Crippen LogP contribution in [0.4, 0.5) is 0 Å². The predicted molar refractivity (Wildman–Crippen MR) is 51.8 cm³/mol. The summed E-state index contributed by atoms with van der Waals surface area (Å²) < 4.78 is 0. The summed E-state index contributed by atoms with van der Waals surface area (Å²) in [5.74, 6) is 2.88. The largest absolute Gasteiger partial charge is 0.326 e. The first-order valence-electron chi connectivity index (χ1n) is 3.94. The third kappa shape index (κ3) is 2.79. The molecule has 66 valence electrons. The molecule has 0 aliphatic heterocycles. The van der Waals surface area contributed by atoms with Gasteiger partial charge in [0.25, 0.3) is 0 Å². The lowest BCUT2D eigenvalue weighted by molar-refractivity contribution is 0.960. The van der Waals surface area contributed by atoms with Crippen LogP contribution in [0.2, 0.25) is 0 Å². The van der Waals surface area contributed by atoms with E-state index in [1.165, 1.54) is 0 Å². The van der Waals surface area contributed by atoms with Crippen LogP contribution in [0.15, 0.2) is 12.4 Å². The summed E-state index contributed by atoms with van der Waals surface area (Å²) in [6, 6.07) is 0. The Balaban J connectivity index is 2.53. The van der Waals surface area contributed by atoms with E-state index in [4.69, 9.17) is 5.73 Å². The molecular weight excluding hydrogens is 170 g/mol. The SMILES string of the molecule is CCSCc1ncc(CN)cn1. The van der Waals surface area contributed by atoms with Crippen LogP contribution in [0.1, 0.15) is 18.3 Å². The van der Waals surface area contributed by atoms with Gasteiger partial charge in [-0.05, 0) is 5.75 Å². The van der Waals surface area contributed by atoms with Crippen LogP contribution >= 0.6 is 11.8 Å². The van der Waals surface area contributed by atoms with Crippen molar-refractivity contribution in [3.8, 4) is 0 Å². The second kappa shape index (κ2) is 5.11. The van der Waals surface area contributed by atoms with Gasteiger partial charge in [-0.3, -0.25) is 0 Å². The number of thioether (sulfide) groups is 1. The van der Waals surface area contributed by atoms with Crippen LogP contribution in [0.25, 0.3) is 0 Å². The molecule has 0 aliphatic rings. The van der Waals surface area contributed by atoms with E-state index < -0.39 is 0 Å². The fourth-order valence-electron chi connectivity index (χ4n) is 0.755. The van der Waals surface area contributed by atoms with Crippen molar-refractivity contribution in [1.29, 1.82) is 0 Å². The first kappa shape index (κ1) is 9.48. The Hall–Kier alpha value is -0.610. The fraction of sp³-hybridized carbons (Fsp3) is 0.500. The molecule has 1 aromatic heterocycles. The average Bonchev–Trinajstić information content (AvgIpc) is 2.15. The van der Waals surface area contributed by atoms with Gasteiger partial charge in [-0.25, -0.2) is 9.97 Å². The van der Waals surface area contributed by atoms with Gasteiger partial charge in [0, 0.05) is 24.5 Å². The number of nitrogens with zero attached hydrogens (tertiary/aromatic N) is 2. The van der Waals surface area contributed by atoms with Gasteiger partial charge in [-0.15, -0.1) is 0 Å². The van der Waals surface area contributed by atoms with Gasteiger partial charge >= 0.3 is 0 Å². The van der Waals surface area contributed by atoms with Gasteiger partial charge in [-0.2, -0.15) is 11.8 Å². The quantitative estimate of drug-likeness (QED) is 0.761. The topological polar surface area (TPSA) is 51.8 Å². The molecule has 1 heterocycles. The lowest BCUT2D eigenvalue weighted by Crippen LogP contribution is -2.00. The van der Waals surface area contributed by atoms with E-state index in [0.29, 0.717) is 6.54 Å². The summed E-state index contributed by atoms with van der Waals surface area (Å²) in [6.07, 6.45) is 3.58. The number of hydrogen-bond donors (Lipinski definition) is 1. The van der Waals surface area contributed by atoms with Gasteiger partial charge in [0.05, 0.1) is 5.75 Å². The smallest absolute Gasteiger partial charge is 0.138 e. The Labute approximate surface area is 76.8 Å². The molecule has 0 fully saturated rings. The summed E-state index contributed by atoms with van der Waals surface area (Å²) in [4.78, 5) is 8.35. The molecule has 3 nitrogen and oxygen atoms in total. The standard InChI is InChI=1S/C8H13N3S/c1-2-12-6-8-10-4-7(3-9)5-11-8/h4-5H,2-3,6,9H2,1H3. The van der Waals surface area contributed by atoms with E-state index in [2.05, 4.69) is 16.9 Å². The highest BCUT2D eigenvalue weighted by Gasteiger charge is 1.95. The molecule has 0 spiro atoms. The van der Waals surface area contributed by atoms with Crippen molar-refractivity contribution in [2.24, 2.45) is 5.73 Å². The predicted octanol–water partition coefficient (Wildman–Crippen LogP) is 1.19. The van der Waals surface area contributed by atoms with Crippen LogP contribution in [0.3, 0.4) is 0 Å². The number of aromatic nitrogens is 2. The summed E-state index contributed by atoms with van der Waals surface area (Å²) in [5.41, 5.74) is 6.40. The van der Waals surface area contributed by atoms with Crippen molar-refractivity contribution < 1.29 is 0 Å². The molecule has 0 unspecified atom stereocenters. The molecule has 0 aliphatic carbocycles. The van der Waals surface area contributed by atoms with E-state index in [1.54, 1.807) is 12.4 Å². The number of rotatable bonds is 4. The molecule has 0 radical (unpaired) electrons. The Bertz CT molecular complexity index is 222. The maximum atomic E-state index is 5.41. The molecule has 12 heavy (non-hydrogen) atoms. The van der Waals surface area contributed by atoms with Crippen LogP contribution in [-0.2, 0) is 12.3 Å². The van der Waals surface area contributed by atoms with Crippen molar-refractivity contribution in [3.63, 3.8) is 0 Å². The molecule has 0 saturated heterocycles. The normalized spacial score (nSPS) is 10.2. The molecule has 0 bridgehead atoms. The molecule has 2 N–H and O–H groups in total. The maximum absolute atomic E-state index is 5.41. The fourth-order valence-corrected chi connectivity index (χ4v) is 1.29. The van der Waals surface area contributed by atoms with Crippen LogP contribution in [-0.4, -0.2) is 15.7 Å². The van der Waals surface area contributed by atoms with Gasteiger partial charge in [0.2, 0.25) is 0 Å². The van der Waals surface area contributed by atoms with E-state index in [-0.39, 0.29) is 0 Å². The summed E-state index contributed by atoms with van der Waals surface area (Å²) in [5, 5.41) is 0. The molecule has 0 atom stereocenters. The first-order valence-corrected chi connectivity index (χ1v) is 5.10. The second-order valence-electron chi connectivity index (χ2n) is 2.35. The molecule has 0 aromatic carbocycles. The monoisotopic (exact) mass is 183 g/mol. The third-order valence-electron chi connectivity index (χ3n) is 1.43. The zero-order valence-corrected chi connectivity index (χ0v) is 7.97. The highest BCUT2D eigenvalue weighted by atomic mass is 32.2. The lowest BCUT2D eigenvalue weighted by atomic mass is 10.3. The Morgan fingerprint density at radius 1 is 1.42 bits per heavy atom. The third-order valence-corrected chi connectivity index (χ3v) is 2.30. The minimum Gasteiger partial charge on any atom is -0.326 e. The molecule has 4 heteroatoms. The second-order valence-corrected chi connectivity index (χ2v) is 3.62. The minimum absolute atomic E-state index is 0.515. The average molecular weight is 183 g/mol. The van der Waals surface area contributed by atoms with Crippen molar-refractivity contribution in [1.82, 2.24) is 9.97 Å². The highest BCUT2D eigenvalue weighted by molar-refractivity contribution is 7.98. The summed E-state index contributed by atoms with van der Waals surface area (Å²) >= 11 is 1.82. The summed E-state index contributed by atoms with van der Waals surface area (Å²) in [7, 11) is 0. The van der Waals surface area contributed by atoms with E-state index in [1.807, 2.05) is 11.8 Å². The summed E-state index contributed by atoms with van der Waals surface area (Å²) in [6.45, 7) is 2.64. The van der Waals surface area contributed by atoms with Gasteiger partial charge in [0.1, 0.15) is 5.82 Å². The zero-order chi connectivity index (χ0) is 8.81. The van der Waals surface area contributed by atoms with Crippen LogP contribution in [0, 0.1) is 0 Å². The number of nitrogens with two attached hydrogens (primary N) is 1. The van der Waals surface area contributed by atoms with Crippen molar-refractivity contribution in [3.05, 3.63) is 23.8 Å². The van der Waals surface area contributed by atoms with Crippen molar-refractivity contribution >= 4 is 11.8 Å². The molecule has 1 rings (SSSR count). The molecule has 1 aromatic rings. The van der Waals surface area contributed by atoms with Crippen molar-refractivity contribution in [2.75, 3.05) is 5.75 Å². The minimum atomic E-state index is 0.515. The first-order chi connectivity index (χ1) is 5.86. The Kier molecular flexibility index (Phi) is 4.04. The Morgan fingerprint density at radius 2 is 2.08 bits per heavy atom. The molecule has 0 saturated carbocycles. The zero-order valence-electron chi connectivity index (χ0n) is 7.16. The Morgan fingerprint density at radius 3 is 2.58 bits per heavy atom. The molecular formula is C8H13N3S. The van der Waals surface area contributed by atoms with Crippen LogP contribution < -0.4 is 5.73 Å². The lowest BCUT2D eigenvalue weighted by Gasteiger charge is -1.98. The van der Waals surface area contributed by atoms with Gasteiger partial charge in [-0.1, -0.05) is 6.92 Å². The van der Waals surface area contributed by atoms with Gasteiger partial charge < -0.3 is 5.73 Å². The van der Waals surface area contributed by atoms with E-state index in [0.717, 1.165) is 22.9 Å². The maximum Gasteiger partial charge on any atom is 0.138 e. The van der Waals surface area contributed by atoms with E-state index >= 15 is 0 Å². The van der Waals surface area contributed by atoms with Gasteiger partial charge in [0.15, 0.2) is 0 Å².